The Morgan fingerprint density at radius 1 is 0.900 bits per heavy atom. The van der Waals surface area contributed by atoms with E-state index in [1.165, 1.54) is 64.2 Å². The van der Waals surface area contributed by atoms with Gasteiger partial charge >= 0.3 is 0 Å². The van der Waals surface area contributed by atoms with Crippen LogP contribution in [0.4, 0.5) is 4.39 Å². The van der Waals surface area contributed by atoms with Crippen LogP contribution in [-0.2, 0) is 6.42 Å². The summed E-state index contributed by atoms with van der Waals surface area (Å²) in [7, 11) is 0. The highest BCUT2D eigenvalue weighted by Gasteiger charge is 2.39. The zero-order chi connectivity index (χ0) is 20.9. The predicted molar refractivity (Wildman–Crippen MR) is 126 cm³/mol. The van der Waals surface area contributed by atoms with Gasteiger partial charge in [-0.15, -0.1) is 6.58 Å². The fourth-order valence-corrected chi connectivity index (χ4v) is 7.04. The van der Waals surface area contributed by atoms with Gasteiger partial charge in [-0.25, -0.2) is 4.39 Å². The van der Waals surface area contributed by atoms with Crippen LogP contribution in [0.1, 0.15) is 94.6 Å². The molecule has 0 radical (unpaired) electrons. The summed E-state index contributed by atoms with van der Waals surface area (Å²) in [6.45, 7) is 5.94. The van der Waals surface area contributed by atoms with Crippen molar-refractivity contribution in [3.8, 4) is 0 Å². The average Bonchev–Trinajstić information content (AvgIpc) is 2.78. The van der Waals surface area contributed by atoms with E-state index in [1.54, 1.807) is 6.07 Å². The molecule has 3 fully saturated rings. The second kappa shape index (κ2) is 10.3. The molecule has 0 amide bonds. The van der Waals surface area contributed by atoms with E-state index in [-0.39, 0.29) is 5.82 Å². The molecule has 1 aromatic carbocycles. The maximum atomic E-state index is 14.8. The van der Waals surface area contributed by atoms with E-state index >= 15 is 0 Å². The first kappa shape index (κ1) is 21.8. The van der Waals surface area contributed by atoms with Crippen molar-refractivity contribution in [2.45, 2.75) is 89.9 Å². The van der Waals surface area contributed by atoms with Gasteiger partial charge in [-0.2, -0.15) is 0 Å². The van der Waals surface area contributed by atoms with Crippen molar-refractivity contribution < 1.29 is 4.39 Å². The van der Waals surface area contributed by atoms with Crippen molar-refractivity contribution in [2.24, 2.45) is 29.6 Å². The maximum absolute atomic E-state index is 14.8. The van der Waals surface area contributed by atoms with Gasteiger partial charge in [0.2, 0.25) is 0 Å². The summed E-state index contributed by atoms with van der Waals surface area (Å²) in [5.41, 5.74) is 2.09. The lowest BCUT2D eigenvalue weighted by molar-refractivity contribution is 0.0744. The van der Waals surface area contributed by atoms with Crippen molar-refractivity contribution in [1.29, 1.82) is 0 Å². The Labute approximate surface area is 184 Å². The highest BCUT2D eigenvalue weighted by atomic mass is 19.1. The van der Waals surface area contributed by atoms with Crippen molar-refractivity contribution in [1.82, 2.24) is 0 Å². The van der Waals surface area contributed by atoms with Crippen LogP contribution in [0.5, 0.6) is 0 Å². The van der Waals surface area contributed by atoms with Gasteiger partial charge in [-0.3, -0.25) is 0 Å². The van der Waals surface area contributed by atoms with Gasteiger partial charge < -0.3 is 0 Å². The number of hydrogen-bond donors (Lipinski definition) is 0. The smallest absolute Gasteiger partial charge is 0.126 e. The molecule has 0 heterocycles. The van der Waals surface area contributed by atoms with E-state index in [0.717, 1.165) is 53.6 Å². The lowest BCUT2D eigenvalue weighted by Gasteiger charge is -2.45. The molecule has 4 unspecified atom stereocenters. The SMILES string of the molecule is C=CCCc1ccc(C2CCC3CC(C4CCC(/C=C/C)CC4)CCC3C2)c(F)c1. The zero-order valence-electron chi connectivity index (χ0n) is 19.0. The van der Waals surface area contributed by atoms with Crippen LogP contribution >= 0.6 is 0 Å². The quantitative estimate of drug-likeness (QED) is 0.413. The van der Waals surface area contributed by atoms with Crippen LogP contribution < -0.4 is 0 Å². The Kier molecular flexibility index (Phi) is 7.50. The molecule has 4 rings (SSSR count). The summed E-state index contributed by atoms with van der Waals surface area (Å²) in [5.74, 6) is 5.00. The molecule has 0 saturated heterocycles. The molecule has 1 heteroatoms. The van der Waals surface area contributed by atoms with Gasteiger partial charge in [0.25, 0.3) is 0 Å². The molecule has 0 bridgehead atoms. The topological polar surface area (TPSA) is 0 Å². The highest BCUT2D eigenvalue weighted by Crippen LogP contribution is 2.51. The van der Waals surface area contributed by atoms with Crippen LogP contribution in [0.2, 0.25) is 0 Å². The molecule has 0 aromatic heterocycles. The van der Waals surface area contributed by atoms with E-state index in [2.05, 4.69) is 37.8 Å². The fraction of sp³-hybridized carbons (Fsp3) is 0.655. The Balaban J connectivity index is 1.31. The molecule has 0 N–H and O–H groups in total. The third-order valence-electron chi connectivity index (χ3n) is 8.74. The molecule has 4 atom stereocenters. The van der Waals surface area contributed by atoms with Gasteiger partial charge in [-0.1, -0.05) is 30.4 Å². The van der Waals surface area contributed by atoms with Crippen molar-refractivity contribution in [3.05, 3.63) is 60.0 Å². The van der Waals surface area contributed by atoms with Gasteiger partial charge in [0.1, 0.15) is 5.82 Å². The Hall–Kier alpha value is -1.37. The normalized spacial score (nSPS) is 34.6. The number of fused-ring (bicyclic) bond motifs is 1. The standard InChI is InChI=1S/C29H41F/c1-3-5-7-22-10-17-28(29(30)18-22)27-16-15-25-19-24(13-14-26(25)20-27)23-11-8-21(6-4-2)9-12-23/h3-4,6,10,17-18,21,23-27H,1,5,7-9,11-16,19-20H2,2H3/b6-4+. The second-order valence-electron chi connectivity index (χ2n) is 10.5. The van der Waals surface area contributed by atoms with E-state index in [0.29, 0.717) is 5.92 Å². The molecule has 3 saturated carbocycles. The van der Waals surface area contributed by atoms with Gasteiger partial charge in [0.05, 0.1) is 0 Å². The lowest BCUT2D eigenvalue weighted by Crippen LogP contribution is -2.34. The summed E-state index contributed by atoms with van der Waals surface area (Å²) >= 11 is 0. The van der Waals surface area contributed by atoms with Crippen molar-refractivity contribution in [3.63, 3.8) is 0 Å². The van der Waals surface area contributed by atoms with Gasteiger partial charge in [0, 0.05) is 0 Å². The molecule has 164 valence electrons. The molecule has 0 aliphatic heterocycles. The van der Waals surface area contributed by atoms with E-state index < -0.39 is 0 Å². The van der Waals surface area contributed by atoms with E-state index in [1.807, 2.05) is 6.08 Å². The number of halogens is 1. The third kappa shape index (κ3) is 5.09. The van der Waals surface area contributed by atoms with Crippen molar-refractivity contribution >= 4 is 0 Å². The highest BCUT2D eigenvalue weighted by molar-refractivity contribution is 5.28. The molecule has 1 aromatic rings. The van der Waals surface area contributed by atoms with Gasteiger partial charge in [0.15, 0.2) is 0 Å². The van der Waals surface area contributed by atoms with Crippen LogP contribution in [0, 0.1) is 35.4 Å². The number of hydrogen-bond acceptors (Lipinski definition) is 0. The van der Waals surface area contributed by atoms with Crippen LogP contribution in [0.3, 0.4) is 0 Å². The Morgan fingerprint density at radius 2 is 1.57 bits per heavy atom. The van der Waals surface area contributed by atoms with Crippen LogP contribution in [0.25, 0.3) is 0 Å². The van der Waals surface area contributed by atoms with E-state index in [4.69, 9.17) is 0 Å². The summed E-state index contributed by atoms with van der Waals surface area (Å²) in [6, 6.07) is 6.02. The first-order valence-electron chi connectivity index (χ1n) is 12.7. The second-order valence-corrected chi connectivity index (χ2v) is 10.5. The minimum absolute atomic E-state index is 0.0339. The first-order chi connectivity index (χ1) is 14.7. The molecule has 0 spiro atoms. The minimum atomic E-state index is 0.0339. The third-order valence-corrected chi connectivity index (χ3v) is 8.74. The number of rotatable bonds is 6. The summed E-state index contributed by atoms with van der Waals surface area (Å²) in [6.07, 6.45) is 22.1. The maximum Gasteiger partial charge on any atom is 0.126 e. The van der Waals surface area contributed by atoms with Gasteiger partial charge in [-0.05, 0) is 137 Å². The summed E-state index contributed by atoms with van der Waals surface area (Å²) in [4.78, 5) is 0. The number of aryl methyl sites for hydroxylation is 1. The monoisotopic (exact) mass is 408 g/mol. The molecule has 30 heavy (non-hydrogen) atoms. The molecule has 0 nitrogen and oxygen atoms in total. The van der Waals surface area contributed by atoms with Crippen molar-refractivity contribution in [2.75, 3.05) is 0 Å². The largest absolute Gasteiger partial charge is 0.207 e. The molecular weight excluding hydrogens is 367 g/mol. The molecule has 3 aliphatic rings. The summed E-state index contributed by atoms with van der Waals surface area (Å²) in [5, 5.41) is 0. The predicted octanol–water partition coefficient (Wildman–Crippen LogP) is 8.63. The Morgan fingerprint density at radius 3 is 2.27 bits per heavy atom. The average molecular weight is 409 g/mol. The van der Waals surface area contributed by atoms with Crippen LogP contribution in [0.15, 0.2) is 43.0 Å². The number of benzene rings is 1. The fourth-order valence-electron chi connectivity index (χ4n) is 7.04. The zero-order valence-corrected chi connectivity index (χ0v) is 19.0. The molecule has 3 aliphatic carbocycles. The molecular formula is C29H41F. The summed E-state index contributed by atoms with van der Waals surface area (Å²) < 4.78 is 14.8. The minimum Gasteiger partial charge on any atom is -0.207 e. The number of allylic oxidation sites excluding steroid dienone is 3. The Bertz CT molecular complexity index is 724. The lowest BCUT2D eigenvalue weighted by atomic mass is 9.60. The van der Waals surface area contributed by atoms with Crippen LogP contribution in [-0.4, -0.2) is 0 Å². The first-order valence-corrected chi connectivity index (χ1v) is 12.7. The van der Waals surface area contributed by atoms with E-state index in [9.17, 15) is 4.39 Å².